The second-order valence-electron chi connectivity index (χ2n) is 4.14. The SMILES string of the molecule is CC[C@H](C(=O)O)N(c1ccc(OC)c(Cl)c1)S(C)(=O)=O. The Morgan fingerprint density at radius 1 is 1.50 bits per heavy atom. The summed E-state index contributed by atoms with van der Waals surface area (Å²) in [6.45, 7) is 1.60. The van der Waals surface area contributed by atoms with Crippen LogP contribution < -0.4 is 9.04 Å². The maximum Gasteiger partial charge on any atom is 0.327 e. The fourth-order valence-electron chi connectivity index (χ4n) is 1.84. The van der Waals surface area contributed by atoms with Crippen molar-refractivity contribution in [3.63, 3.8) is 0 Å². The number of aliphatic carboxylic acids is 1. The van der Waals surface area contributed by atoms with Gasteiger partial charge in [-0.25, -0.2) is 13.2 Å². The molecule has 1 atom stereocenters. The molecule has 20 heavy (non-hydrogen) atoms. The van der Waals surface area contributed by atoms with E-state index in [0.717, 1.165) is 10.6 Å². The van der Waals surface area contributed by atoms with Crippen molar-refractivity contribution in [2.45, 2.75) is 19.4 Å². The average molecular weight is 322 g/mol. The van der Waals surface area contributed by atoms with Gasteiger partial charge in [0.1, 0.15) is 11.8 Å². The van der Waals surface area contributed by atoms with Crippen LogP contribution in [0.25, 0.3) is 0 Å². The molecule has 0 aromatic heterocycles. The molecular weight excluding hydrogens is 306 g/mol. The summed E-state index contributed by atoms with van der Waals surface area (Å²) in [4.78, 5) is 11.2. The van der Waals surface area contributed by atoms with E-state index in [4.69, 9.17) is 16.3 Å². The summed E-state index contributed by atoms with van der Waals surface area (Å²) in [5.41, 5.74) is 0.188. The standard InChI is InChI=1S/C12H16ClNO5S/c1-4-10(12(15)16)14(20(3,17)18)8-5-6-11(19-2)9(13)7-8/h5-7,10H,4H2,1-3H3,(H,15,16)/t10-/m1/s1. The van der Waals surface area contributed by atoms with Crippen LogP contribution in [-0.4, -0.2) is 38.9 Å². The summed E-state index contributed by atoms with van der Waals surface area (Å²) in [5.74, 6) is -0.836. The first-order valence-corrected chi connectivity index (χ1v) is 8.00. The van der Waals surface area contributed by atoms with Crippen molar-refractivity contribution in [2.24, 2.45) is 0 Å². The number of methoxy groups -OCH3 is 1. The zero-order valence-electron chi connectivity index (χ0n) is 11.3. The molecule has 0 amide bonds. The number of hydrogen-bond acceptors (Lipinski definition) is 4. The van der Waals surface area contributed by atoms with Crippen molar-refractivity contribution in [3.8, 4) is 5.75 Å². The lowest BCUT2D eigenvalue weighted by molar-refractivity contribution is -0.138. The Hall–Kier alpha value is -1.47. The highest BCUT2D eigenvalue weighted by Gasteiger charge is 2.31. The molecule has 0 radical (unpaired) electrons. The first-order valence-electron chi connectivity index (χ1n) is 5.78. The van der Waals surface area contributed by atoms with E-state index < -0.39 is 22.0 Å². The second-order valence-corrected chi connectivity index (χ2v) is 6.41. The smallest absolute Gasteiger partial charge is 0.327 e. The number of halogens is 1. The van der Waals surface area contributed by atoms with Crippen LogP contribution in [0, 0.1) is 0 Å². The molecule has 6 nitrogen and oxygen atoms in total. The molecule has 0 fully saturated rings. The van der Waals surface area contributed by atoms with Gasteiger partial charge in [-0.1, -0.05) is 18.5 Å². The fraction of sp³-hybridized carbons (Fsp3) is 0.417. The van der Waals surface area contributed by atoms with Gasteiger partial charge in [0.25, 0.3) is 0 Å². The largest absolute Gasteiger partial charge is 0.495 e. The Kier molecular flexibility index (Phi) is 5.24. The van der Waals surface area contributed by atoms with Gasteiger partial charge in [-0.15, -0.1) is 0 Å². The summed E-state index contributed by atoms with van der Waals surface area (Å²) in [6.07, 6.45) is 1.09. The zero-order valence-corrected chi connectivity index (χ0v) is 12.9. The summed E-state index contributed by atoms with van der Waals surface area (Å²) in [7, 11) is -2.33. The van der Waals surface area contributed by atoms with Crippen molar-refractivity contribution < 1.29 is 23.1 Å². The first kappa shape index (κ1) is 16.6. The minimum absolute atomic E-state index is 0.131. The van der Waals surface area contributed by atoms with Crippen molar-refractivity contribution >= 4 is 33.3 Å². The number of ether oxygens (including phenoxy) is 1. The minimum Gasteiger partial charge on any atom is -0.495 e. The molecule has 0 unspecified atom stereocenters. The normalized spacial score (nSPS) is 12.8. The number of hydrogen-bond donors (Lipinski definition) is 1. The first-order chi connectivity index (χ1) is 9.22. The molecule has 0 bridgehead atoms. The monoisotopic (exact) mass is 321 g/mol. The quantitative estimate of drug-likeness (QED) is 0.866. The van der Waals surface area contributed by atoms with Crippen molar-refractivity contribution in [2.75, 3.05) is 17.7 Å². The number of carboxylic acid groups (broad SMARTS) is 1. The van der Waals surface area contributed by atoms with Gasteiger partial charge in [0, 0.05) is 0 Å². The molecule has 0 saturated carbocycles. The van der Waals surface area contributed by atoms with Gasteiger partial charge in [-0.2, -0.15) is 0 Å². The van der Waals surface area contributed by atoms with E-state index in [0.29, 0.717) is 5.75 Å². The minimum atomic E-state index is -3.76. The Labute approximate surface area is 123 Å². The number of carboxylic acids is 1. The lowest BCUT2D eigenvalue weighted by Gasteiger charge is -2.28. The molecule has 1 rings (SSSR count). The molecule has 0 aliphatic rings. The van der Waals surface area contributed by atoms with Crippen molar-refractivity contribution in [3.05, 3.63) is 23.2 Å². The molecule has 0 heterocycles. The van der Waals surface area contributed by atoms with Crippen LogP contribution in [0.15, 0.2) is 18.2 Å². The zero-order chi connectivity index (χ0) is 15.5. The lowest BCUT2D eigenvalue weighted by Crippen LogP contribution is -2.44. The van der Waals surface area contributed by atoms with Gasteiger partial charge in [0.2, 0.25) is 10.0 Å². The van der Waals surface area contributed by atoms with Gasteiger partial charge in [0.15, 0.2) is 0 Å². The van der Waals surface area contributed by atoms with E-state index in [1.165, 1.54) is 25.3 Å². The summed E-state index contributed by atoms with van der Waals surface area (Å²) in [5, 5.41) is 9.38. The molecule has 1 aromatic rings. The highest BCUT2D eigenvalue weighted by molar-refractivity contribution is 7.92. The predicted octanol–water partition coefficient (Wildman–Crippen LogP) is 1.98. The van der Waals surface area contributed by atoms with Crippen LogP contribution in [0.2, 0.25) is 5.02 Å². The van der Waals surface area contributed by atoms with Crippen molar-refractivity contribution in [1.82, 2.24) is 0 Å². The molecule has 0 aliphatic heterocycles. The molecule has 1 N–H and O–H groups in total. The number of rotatable bonds is 6. The molecular formula is C12H16ClNO5S. The maximum atomic E-state index is 11.9. The Morgan fingerprint density at radius 3 is 2.45 bits per heavy atom. The van der Waals surface area contributed by atoms with Crippen LogP contribution in [0.3, 0.4) is 0 Å². The van der Waals surface area contributed by atoms with Gasteiger partial charge < -0.3 is 9.84 Å². The van der Waals surface area contributed by atoms with E-state index in [1.807, 2.05) is 0 Å². The number of carbonyl (C=O) groups is 1. The van der Waals surface area contributed by atoms with Gasteiger partial charge in [-0.3, -0.25) is 4.31 Å². The lowest BCUT2D eigenvalue weighted by atomic mass is 10.2. The van der Waals surface area contributed by atoms with E-state index in [-0.39, 0.29) is 17.1 Å². The number of anilines is 1. The van der Waals surface area contributed by atoms with E-state index in [1.54, 1.807) is 6.92 Å². The highest BCUT2D eigenvalue weighted by Crippen LogP contribution is 2.31. The topological polar surface area (TPSA) is 83.9 Å². The van der Waals surface area contributed by atoms with Crippen molar-refractivity contribution in [1.29, 1.82) is 0 Å². The highest BCUT2D eigenvalue weighted by atomic mass is 35.5. The molecule has 0 spiro atoms. The number of benzene rings is 1. The van der Waals surface area contributed by atoms with Gasteiger partial charge in [0.05, 0.1) is 24.1 Å². The summed E-state index contributed by atoms with van der Waals surface area (Å²) >= 11 is 5.96. The van der Waals surface area contributed by atoms with Gasteiger partial charge in [-0.05, 0) is 24.6 Å². The third-order valence-electron chi connectivity index (χ3n) is 2.70. The third-order valence-corrected chi connectivity index (χ3v) is 4.18. The van der Waals surface area contributed by atoms with E-state index >= 15 is 0 Å². The van der Waals surface area contributed by atoms with Crippen LogP contribution in [-0.2, 0) is 14.8 Å². The number of sulfonamides is 1. The van der Waals surface area contributed by atoms with E-state index in [9.17, 15) is 18.3 Å². The molecule has 8 heteroatoms. The fourth-order valence-corrected chi connectivity index (χ4v) is 3.29. The van der Waals surface area contributed by atoms with E-state index in [2.05, 4.69) is 0 Å². The maximum absolute atomic E-state index is 11.9. The summed E-state index contributed by atoms with van der Waals surface area (Å²) < 4.78 is 29.6. The van der Waals surface area contributed by atoms with Crippen LogP contribution in [0.1, 0.15) is 13.3 Å². The van der Waals surface area contributed by atoms with Gasteiger partial charge >= 0.3 is 5.97 Å². The second kappa shape index (κ2) is 6.32. The third kappa shape index (κ3) is 3.55. The van der Waals surface area contributed by atoms with Crippen LogP contribution in [0.4, 0.5) is 5.69 Å². The number of nitrogens with zero attached hydrogens (tertiary/aromatic N) is 1. The Morgan fingerprint density at radius 2 is 2.10 bits per heavy atom. The molecule has 0 saturated heterocycles. The predicted molar refractivity (Wildman–Crippen MR) is 77.0 cm³/mol. The molecule has 112 valence electrons. The molecule has 0 aliphatic carbocycles. The Balaban J connectivity index is 3.39. The van der Waals surface area contributed by atoms with Crippen LogP contribution >= 0.6 is 11.6 Å². The van der Waals surface area contributed by atoms with Crippen LogP contribution in [0.5, 0.6) is 5.75 Å². The Bertz CT molecular complexity index is 602. The molecule has 1 aromatic carbocycles. The summed E-state index contributed by atoms with van der Waals surface area (Å²) in [6, 6.07) is 3.13. The average Bonchev–Trinajstić information content (AvgIpc) is 2.33.